The zero-order valence-electron chi connectivity index (χ0n) is 10.6. The third kappa shape index (κ3) is 5.53. The second kappa shape index (κ2) is 7.24. The van der Waals surface area contributed by atoms with Crippen LogP contribution in [0.25, 0.3) is 0 Å². The fourth-order valence-corrected chi connectivity index (χ4v) is 2.42. The Balaban J connectivity index is 2.28. The maximum absolute atomic E-state index is 5.74. The summed E-state index contributed by atoms with van der Waals surface area (Å²) in [4.78, 5) is 0. The lowest BCUT2D eigenvalue weighted by molar-refractivity contribution is 0.0454. The van der Waals surface area contributed by atoms with E-state index in [2.05, 4.69) is 26.1 Å². The molecule has 0 aromatic carbocycles. The van der Waals surface area contributed by atoms with Crippen LogP contribution in [0.3, 0.4) is 0 Å². The van der Waals surface area contributed by atoms with E-state index in [0.717, 1.165) is 25.1 Å². The zero-order valence-corrected chi connectivity index (χ0v) is 10.6. The van der Waals surface area contributed by atoms with Crippen LogP contribution in [0, 0.1) is 5.92 Å². The van der Waals surface area contributed by atoms with Gasteiger partial charge in [0, 0.05) is 12.6 Å². The van der Waals surface area contributed by atoms with Crippen LogP contribution in [-0.4, -0.2) is 25.3 Å². The second-order valence-electron chi connectivity index (χ2n) is 5.02. The molecular formula is C13H27NO. The van der Waals surface area contributed by atoms with Gasteiger partial charge < -0.3 is 10.1 Å². The van der Waals surface area contributed by atoms with Crippen LogP contribution in [0.1, 0.15) is 52.9 Å². The molecule has 0 radical (unpaired) electrons. The van der Waals surface area contributed by atoms with Crippen molar-refractivity contribution >= 4 is 0 Å². The fourth-order valence-electron chi connectivity index (χ4n) is 2.42. The summed E-state index contributed by atoms with van der Waals surface area (Å²) >= 11 is 0. The molecule has 0 aromatic heterocycles. The Morgan fingerprint density at radius 3 is 2.67 bits per heavy atom. The summed E-state index contributed by atoms with van der Waals surface area (Å²) in [7, 11) is 0. The van der Waals surface area contributed by atoms with Crippen molar-refractivity contribution in [3.8, 4) is 0 Å². The Morgan fingerprint density at radius 1 is 1.27 bits per heavy atom. The first-order valence-corrected chi connectivity index (χ1v) is 6.57. The summed E-state index contributed by atoms with van der Waals surface area (Å²) < 4.78 is 5.74. The minimum atomic E-state index is 0.380. The van der Waals surface area contributed by atoms with Gasteiger partial charge in [-0.2, -0.15) is 0 Å². The predicted octanol–water partition coefficient (Wildman–Crippen LogP) is 2.97. The van der Waals surface area contributed by atoms with Crippen LogP contribution in [0.15, 0.2) is 0 Å². The lowest BCUT2D eigenvalue weighted by Crippen LogP contribution is -2.31. The van der Waals surface area contributed by atoms with Gasteiger partial charge in [0.05, 0.1) is 6.10 Å². The van der Waals surface area contributed by atoms with Gasteiger partial charge in [0.2, 0.25) is 0 Å². The molecule has 2 atom stereocenters. The van der Waals surface area contributed by atoms with Gasteiger partial charge in [0.15, 0.2) is 0 Å². The molecule has 0 aliphatic heterocycles. The van der Waals surface area contributed by atoms with Crippen LogP contribution >= 0.6 is 0 Å². The molecule has 0 saturated heterocycles. The van der Waals surface area contributed by atoms with E-state index in [9.17, 15) is 0 Å². The van der Waals surface area contributed by atoms with Crippen molar-refractivity contribution in [1.82, 2.24) is 5.32 Å². The van der Waals surface area contributed by atoms with E-state index in [1.807, 2.05) is 0 Å². The Morgan fingerprint density at radius 2 is 2.00 bits per heavy atom. The highest BCUT2D eigenvalue weighted by atomic mass is 16.5. The summed E-state index contributed by atoms with van der Waals surface area (Å²) in [5.74, 6) is 0.777. The quantitative estimate of drug-likeness (QED) is 0.709. The highest BCUT2D eigenvalue weighted by molar-refractivity contribution is 4.75. The number of ether oxygens (including phenoxy) is 1. The molecule has 1 fully saturated rings. The third-order valence-electron chi connectivity index (χ3n) is 3.19. The van der Waals surface area contributed by atoms with Crippen LogP contribution in [0.5, 0.6) is 0 Å². The van der Waals surface area contributed by atoms with Crippen molar-refractivity contribution in [2.75, 3.05) is 13.2 Å². The van der Waals surface area contributed by atoms with Gasteiger partial charge in [-0.15, -0.1) is 0 Å². The molecule has 0 heterocycles. The molecule has 2 unspecified atom stereocenters. The van der Waals surface area contributed by atoms with Crippen molar-refractivity contribution in [2.45, 2.75) is 65.0 Å². The Bertz CT molecular complexity index is 159. The minimum Gasteiger partial charge on any atom is -0.379 e. The molecule has 1 rings (SSSR count). The van der Waals surface area contributed by atoms with Crippen LogP contribution < -0.4 is 5.32 Å². The van der Waals surface area contributed by atoms with E-state index in [1.54, 1.807) is 0 Å². The Hall–Kier alpha value is -0.0800. The van der Waals surface area contributed by atoms with E-state index < -0.39 is 0 Å². The molecule has 15 heavy (non-hydrogen) atoms. The first kappa shape index (κ1) is 13.0. The minimum absolute atomic E-state index is 0.380. The van der Waals surface area contributed by atoms with E-state index in [-0.39, 0.29) is 0 Å². The summed E-state index contributed by atoms with van der Waals surface area (Å²) in [6, 6.07) is 0.735. The van der Waals surface area contributed by atoms with Gasteiger partial charge in [0.1, 0.15) is 0 Å². The summed E-state index contributed by atoms with van der Waals surface area (Å²) in [6.07, 6.45) is 7.16. The van der Waals surface area contributed by atoms with Gasteiger partial charge in [-0.1, -0.05) is 19.8 Å². The maximum Gasteiger partial charge on any atom is 0.0519 e. The molecular weight excluding hydrogens is 186 g/mol. The van der Waals surface area contributed by atoms with Crippen LogP contribution in [0.2, 0.25) is 0 Å². The molecule has 1 aliphatic carbocycles. The molecule has 1 aliphatic rings. The van der Waals surface area contributed by atoms with Crippen LogP contribution in [0.4, 0.5) is 0 Å². The molecule has 0 aromatic rings. The summed E-state index contributed by atoms with van der Waals surface area (Å²) in [5.41, 5.74) is 0. The summed E-state index contributed by atoms with van der Waals surface area (Å²) in [6.45, 7) is 8.50. The van der Waals surface area contributed by atoms with Gasteiger partial charge >= 0.3 is 0 Å². The highest BCUT2D eigenvalue weighted by Crippen LogP contribution is 2.23. The molecule has 0 spiro atoms. The first-order valence-electron chi connectivity index (χ1n) is 6.57. The van der Waals surface area contributed by atoms with Crippen molar-refractivity contribution in [2.24, 2.45) is 5.92 Å². The predicted molar refractivity (Wildman–Crippen MR) is 65.1 cm³/mol. The fraction of sp³-hybridized carbons (Fsp3) is 1.00. The van der Waals surface area contributed by atoms with Gasteiger partial charge in [-0.05, 0) is 45.6 Å². The summed E-state index contributed by atoms with van der Waals surface area (Å²) in [5, 5.41) is 3.59. The number of rotatable bonds is 5. The van der Waals surface area contributed by atoms with E-state index >= 15 is 0 Å². The molecule has 0 bridgehead atoms. The van der Waals surface area contributed by atoms with Crippen molar-refractivity contribution < 1.29 is 4.74 Å². The molecule has 0 amide bonds. The largest absolute Gasteiger partial charge is 0.379 e. The molecule has 2 heteroatoms. The molecule has 2 nitrogen and oxygen atoms in total. The maximum atomic E-state index is 5.74. The van der Waals surface area contributed by atoms with E-state index in [4.69, 9.17) is 4.74 Å². The number of hydrogen-bond acceptors (Lipinski definition) is 2. The standard InChI is InChI=1S/C13H27NO/c1-4-14-13-8-6-5-7-12(9-13)10-15-11(2)3/h11-14H,4-10H2,1-3H3. The highest BCUT2D eigenvalue weighted by Gasteiger charge is 2.19. The monoisotopic (exact) mass is 213 g/mol. The lowest BCUT2D eigenvalue weighted by atomic mass is 9.99. The molecule has 90 valence electrons. The van der Waals surface area contributed by atoms with Crippen molar-refractivity contribution in [1.29, 1.82) is 0 Å². The SMILES string of the molecule is CCNC1CCCCC(COC(C)C)C1. The van der Waals surface area contributed by atoms with Gasteiger partial charge in [0.25, 0.3) is 0 Å². The molecule has 1 saturated carbocycles. The topological polar surface area (TPSA) is 21.3 Å². The van der Waals surface area contributed by atoms with Gasteiger partial charge in [-0.25, -0.2) is 0 Å². The lowest BCUT2D eigenvalue weighted by Gasteiger charge is -2.21. The average Bonchev–Trinajstić information content (AvgIpc) is 2.41. The third-order valence-corrected chi connectivity index (χ3v) is 3.19. The number of nitrogens with one attached hydrogen (secondary N) is 1. The average molecular weight is 213 g/mol. The van der Waals surface area contributed by atoms with Gasteiger partial charge in [-0.3, -0.25) is 0 Å². The normalized spacial score (nSPS) is 28.0. The zero-order chi connectivity index (χ0) is 11.1. The Kier molecular flexibility index (Phi) is 6.26. The Labute approximate surface area is 94.8 Å². The number of hydrogen-bond donors (Lipinski definition) is 1. The van der Waals surface area contributed by atoms with Crippen LogP contribution in [-0.2, 0) is 4.74 Å². The van der Waals surface area contributed by atoms with E-state index in [1.165, 1.54) is 32.1 Å². The van der Waals surface area contributed by atoms with Crippen molar-refractivity contribution in [3.05, 3.63) is 0 Å². The first-order chi connectivity index (χ1) is 7.22. The van der Waals surface area contributed by atoms with E-state index in [0.29, 0.717) is 6.10 Å². The second-order valence-corrected chi connectivity index (χ2v) is 5.02. The smallest absolute Gasteiger partial charge is 0.0519 e. The van der Waals surface area contributed by atoms with Crippen molar-refractivity contribution in [3.63, 3.8) is 0 Å². The molecule has 1 N–H and O–H groups in total.